The highest BCUT2D eigenvalue weighted by Crippen LogP contribution is 2.38. The number of rotatable bonds is 4. The maximum Gasteiger partial charge on any atom is 0.163 e. The van der Waals surface area contributed by atoms with E-state index in [1.165, 1.54) is 5.56 Å². The van der Waals surface area contributed by atoms with Crippen molar-refractivity contribution in [3.05, 3.63) is 35.9 Å². The van der Waals surface area contributed by atoms with Crippen molar-refractivity contribution in [1.29, 1.82) is 0 Å². The van der Waals surface area contributed by atoms with Crippen molar-refractivity contribution >= 4 is 0 Å². The second-order valence-electron chi connectivity index (χ2n) is 5.29. The highest BCUT2D eigenvalue weighted by molar-refractivity contribution is 5.19. The molecule has 1 fully saturated rings. The summed E-state index contributed by atoms with van der Waals surface area (Å²) < 4.78 is 11.8. The van der Waals surface area contributed by atoms with Gasteiger partial charge in [-0.2, -0.15) is 0 Å². The third kappa shape index (κ3) is 3.31. The number of ether oxygens (including phenoxy) is 2. The third-order valence-electron chi connectivity index (χ3n) is 3.35. The minimum Gasteiger partial charge on any atom is -0.396 e. The van der Waals surface area contributed by atoms with Gasteiger partial charge in [0.2, 0.25) is 0 Å². The van der Waals surface area contributed by atoms with E-state index in [4.69, 9.17) is 14.6 Å². The molecule has 0 radical (unpaired) electrons. The molecule has 1 heterocycles. The summed E-state index contributed by atoms with van der Waals surface area (Å²) in [4.78, 5) is 0. The third-order valence-corrected chi connectivity index (χ3v) is 3.35. The second kappa shape index (κ2) is 5.83. The van der Waals surface area contributed by atoms with Gasteiger partial charge in [0.25, 0.3) is 0 Å². The van der Waals surface area contributed by atoms with Crippen LogP contribution in [0.1, 0.15) is 38.4 Å². The maximum absolute atomic E-state index is 8.97. The van der Waals surface area contributed by atoms with Crippen LogP contribution in [0.3, 0.4) is 0 Å². The number of benzene rings is 1. The predicted octanol–water partition coefficient (Wildman–Crippen LogP) is 2.90. The van der Waals surface area contributed by atoms with Crippen LogP contribution < -0.4 is 0 Å². The fourth-order valence-corrected chi connectivity index (χ4v) is 2.40. The van der Waals surface area contributed by atoms with Gasteiger partial charge in [-0.1, -0.05) is 30.3 Å². The van der Waals surface area contributed by atoms with Gasteiger partial charge in [0.15, 0.2) is 5.79 Å². The molecule has 0 aromatic heterocycles. The lowest BCUT2D eigenvalue weighted by molar-refractivity contribution is -0.296. The van der Waals surface area contributed by atoms with Crippen LogP contribution >= 0.6 is 0 Å². The lowest BCUT2D eigenvalue weighted by Gasteiger charge is -2.41. The van der Waals surface area contributed by atoms with Gasteiger partial charge >= 0.3 is 0 Å². The van der Waals surface area contributed by atoms with Crippen molar-refractivity contribution in [2.24, 2.45) is 5.92 Å². The van der Waals surface area contributed by atoms with E-state index >= 15 is 0 Å². The first kappa shape index (κ1) is 13.5. The summed E-state index contributed by atoms with van der Waals surface area (Å²) >= 11 is 0. The van der Waals surface area contributed by atoms with Crippen LogP contribution in [0.15, 0.2) is 30.3 Å². The molecule has 1 saturated heterocycles. The first-order chi connectivity index (χ1) is 8.62. The topological polar surface area (TPSA) is 38.7 Å². The van der Waals surface area contributed by atoms with Gasteiger partial charge in [-0.3, -0.25) is 0 Å². The second-order valence-corrected chi connectivity index (χ2v) is 5.29. The molecule has 0 aliphatic carbocycles. The van der Waals surface area contributed by atoms with Crippen molar-refractivity contribution in [1.82, 2.24) is 0 Å². The lowest BCUT2D eigenvalue weighted by Crippen LogP contribution is -2.41. The molecule has 18 heavy (non-hydrogen) atoms. The van der Waals surface area contributed by atoms with Crippen LogP contribution in [0.2, 0.25) is 0 Å². The van der Waals surface area contributed by atoms with Crippen molar-refractivity contribution < 1.29 is 14.6 Å². The SMILES string of the molecule is CC1(C)OC[C@H](CCCO)[C@@H](c2ccccc2)O1. The molecule has 0 bridgehead atoms. The Morgan fingerprint density at radius 1 is 1.28 bits per heavy atom. The zero-order valence-corrected chi connectivity index (χ0v) is 11.1. The standard InChI is InChI=1S/C15H22O3/c1-15(2)17-11-13(9-6-10-16)14(18-15)12-7-4-3-5-8-12/h3-5,7-8,13-14,16H,6,9-11H2,1-2H3/t13-,14+/m0/s1. The molecule has 1 N–H and O–H groups in total. The summed E-state index contributed by atoms with van der Waals surface area (Å²) in [6.07, 6.45) is 1.77. The first-order valence-electron chi connectivity index (χ1n) is 6.60. The highest BCUT2D eigenvalue weighted by atomic mass is 16.7. The number of hydrogen-bond acceptors (Lipinski definition) is 3. The van der Waals surface area contributed by atoms with Crippen LogP contribution in [0.25, 0.3) is 0 Å². The van der Waals surface area contributed by atoms with E-state index in [0.29, 0.717) is 12.5 Å². The van der Waals surface area contributed by atoms with E-state index in [0.717, 1.165) is 12.8 Å². The molecule has 0 unspecified atom stereocenters. The molecule has 1 aromatic carbocycles. The Morgan fingerprint density at radius 2 is 2.00 bits per heavy atom. The summed E-state index contributed by atoms with van der Waals surface area (Å²) in [5.41, 5.74) is 1.19. The zero-order chi connectivity index (χ0) is 13.0. The molecular formula is C15H22O3. The van der Waals surface area contributed by atoms with E-state index in [1.54, 1.807) is 0 Å². The van der Waals surface area contributed by atoms with E-state index in [9.17, 15) is 0 Å². The van der Waals surface area contributed by atoms with Gasteiger partial charge in [-0.05, 0) is 32.3 Å². The van der Waals surface area contributed by atoms with E-state index < -0.39 is 5.79 Å². The van der Waals surface area contributed by atoms with Gasteiger partial charge in [0.1, 0.15) is 0 Å². The average molecular weight is 250 g/mol. The van der Waals surface area contributed by atoms with Gasteiger partial charge in [0.05, 0.1) is 12.7 Å². The summed E-state index contributed by atoms with van der Waals surface area (Å²) in [7, 11) is 0. The van der Waals surface area contributed by atoms with Crippen molar-refractivity contribution in [3.63, 3.8) is 0 Å². The number of aliphatic hydroxyl groups is 1. The minimum atomic E-state index is -0.532. The summed E-state index contributed by atoms with van der Waals surface area (Å²) in [6, 6.07) is 10.3. The van der Waals surface area contributed by atoms with Crippen LogP contribution in [-0.2, 0) is 9.47 Å². The van der Waals surface area contributed by atoms with E-state index in [1.807, 2.05) is 32.0 Å². The fraction of sp³-hybridized carbons (Fsp3) is 0.600. The average Bonchev–Trinajstić information content (AvgIpc) is 2.38. The zero-order valence-electron chi connectivity index (χ0n) is 11.1. The first-order valence-corrected chi connectivity index (χ1v) is 6.60. The van der Waals surface area contributed by atoms with Crippen LogP contribution in [0, 0.1) is 5.92 Å². The molecule has 1 aliphatic rings. The Labute approximate surface area is 109 Å². The van der Waals surface area contributed by atoms with Gasteiger partial charge in [-0.15, -0.1) is 0 Å². The smallest absolute Gasteiger partial charge is 0.163 e. The molecule has 2 rings (SSSR count). The fourth-order valence-electron chi connectivity index (χ4n) is 2.40. The quantitative estimate of drug-likeness (QED) is 0.893. The minimum absolute atomic E-state index is 0.0569. The molecular weight excluding hydrogens is 228 g/mol. The summed E-state index contributed by atoms with van der Waals surface area (Å²) in [6.45, 7) is 4.81. The Kier molecular flexibility index (Phi) is 4.38. The molecule has 0 saturated carbocycles. The normalized spacial score (nSPS) is 27.1. The van der Waals surface area contributed by atoms with Gasteiger partial charge in [0, 0.05) is 12.5 Å². The molecule has 100 valence electrons. The monoisotopic (exact) mass is 250 g/mol. The van der Waals surface area contributed by atoms with Crippen molar-refractivity contribution in [2.75, 3.05) is 13.2 Å². The molecule has 0 spiro atoms. The Bertz CT molecular complexity index is 361. The summed E-state index contributed by atoms with van der Waals surface area (Å²) in [5.74, 6) is -0.219. The molecule has 1 aromatic rings. The molecule has 3 heteroatoms. The molecule has 2 atom stereocenters. The molecule has 1 aliphatic heterocycles. The number of hydrogen-bond donors (Lipinski definition) is 1. The summed E-state index contributed by atoms with van der Waals surface area (Å²) in [5, 5.41) is 8.97. The number of aliphatic hydroxyl groups excluding tert-OH is 1. The lowest BCUT2D eigenvalue weighted by atomic mass is 9.91. The highest BCUT2D eigenvalue weighted by Gasteiger charge is 2.36. The van der Waals surface area contributed by atoms with Gasteiger partial charge < -0.3 is 14.6 Å². The molecule has 0 amide bonds. The van der Waals surface area contributed by atoms with Crippen LogP contribution in [0.4, 0.5) is 0 Å². The van der Waals surface area contributed by atoms with E-state index in [2.05, 4.69) is 12.1 Å². The van der Waals surface area contributed by atoms with Crippen molar-refractivity contribution in [3.8, 4) is 0 Å². The largest absolute Gasteiger partial charge is 0.396 e. The molecule has 3 nitrogen and oxygen atoms in total. The van der Waals surface area contributed by atoms with Crippen LogP contribution in [0.5, 0.6) is 0 Å². The Hall–Kier alpha value is -0.900. The predicted molar refractivity (Wildman–Crippen MR) is 70.1 cm³/mol. The van der Waals surface area contributed by atoms with E-state index in [-0.39, 0.29) is 12.7 Å². The Morgan fingerprint density at radius 3 is 2.67 bits per heavy atom. The van der Waals surface area contributed by atoms with Gasteiger partial charge in [-0.25, -0.2) is 0 Å². The Balaban J connectivity index is 2.14. The van der Waals surface area contributed by atoms with Crippen LogP contribution in [-0.4, -0.2) is 24.1 Å². The van der Waals surface area contributed by atoms with Crippen molar-refractivity contribution in [2.45, 2.75) is 38.6 Å². The maximum atomic E-state index is 8.97.